The second-order valence-corrected chi connectivity index (χ2v) is 4.88. The van der Waals surface area contributed by atoms with Gasteiger partial charge >= 0.3 is 0 Å². The third kappa shape index (κ3) is 2.68. The fourth-order valence-electron chi connectivity index (χ4n) is 1.89. The van der Waals surface area contributed by atoms with Gasteiger partial charge in [-0.1, -0.05) is 0 Å². The summed E-state index contributed by atoms with van der Waals surface area (Å²) in [5.74, 6) is 0.470. The van der Waals surface area contributed by atoms with E-state index in [4.69, 9.17) is 23.9 Å². The zero-order chi connectivity index (χ0) is 26.1. The number of rotatable bonds is 5. The van der Waals surface area contributed by atoms with Gasteiger partial charge < -0.3 is 14.2 Å². The van der Waals surface area contributed by atoms with Crippen LogP contribution in [0.5, 0.6) is 5.75 Å². The molecule has 1 aliphatic carbocycles. The Morgan fingerprint density at radius 3 is 2.95 bits per heavy atom. The number of likely N-dealkylation sites (N-methyl/N-ethyl adjacent to an activating group) is 1. The molecular weight excluding hydrogens is 248 g/mol. The van der Waals surface area contributed by atoms with Gasteiger partial charge in [0, 0.05) is 45.6 Å². The Balaban J connectivity index is 2.35. The van der Waals surface area contributed by atoms with Crippen molar-refractivity contribution >= 4 is 10.9 Å². The first kappa shape index (κ1) is 4.77. The Hall–Kier alpha value is -1.48. The van der Waals surface area contributed by atoms with E-state index in [1.807, 2.05) is 0 Å². The average Bonchev–Trinajstić information content (AvgIpc) is 3.30. The minimum absolute atomic E-state index is 0.0297. The molecule has 1 aromatic carbocycles. The number of hydrogen-bond acceptors (Lipinski definition) is 2. The van der Waals surface area contributed by atoms with Gasteiger partial charge in [-0.05, 0) is 64.8 Å². The van der Waals surface area contributed by atoms with E-state index in [2.05, 4.69) is 0 Å². The molecule has 0 saturated heterocycles. The van der Waals surface area contributed by atoms with Crippen molar-refractivity contribution in [2.45, 2.75) is 44.7 Å². The molecule has 108 valence electrons. The number of hydrogen-bond donors (Lipinski definition) is 0. The summed E-state index contributed by atoms with van der Waals surface area (Å²) in [6, 6.07) is 5.80. The molecule has 1 fully saturated rings. The van der Waals surface area contributed by atoms with E-state index in [0.29, 0.717) is 15.7 Å². The van der Waals surface area contributed by atoms with Crippen LogP contribution < -0.4 is 4.74 Å². The normalized spacial score (nSPS) is 29.6. The molecule has 3 heteroatoms. The van der Waals surface area contributed by atoms with E-state index in [0.717, 1.165) is 19.0 Å². The van der Waals surface area contributed by atoms with Gasteiger partial charge in [0.25, 0.3) is 0 Å². The van der Waals surface area contributed by atoms with Gasteiger partial charge in [0.2, 0.25) is 0 Å². The highest BCUT2D eigenvalue weighted by atomic mass is 16.5. The van der Waals surface area contributed by atoms with Crippen LogP contribution in [0.15, 0.2) is 30.5 Å². The van der Waals surface area contributed by atoms with Crippen molar-refractivity contribution in [1.82, 2.24) is 9.47 Å². The molecule has 1 saturated carbocycles. The predicted octanol–water partition coefficient (Wildman–Crippen LogP) is 3.52. The van der Waals surface area contributed by atoms with Crippen LogP contribution >= 0.6 is 0 Å². The minimum atomic E-state index is -4.00. The first-order chi connectivity index (χ1) is 15.2. The summed E-state index contributed by atoms with van der Waals surface area (Å²) >= 11 is 0. The Morgan fingerprint density at radius 2 is 2.25 bits per heavy atom. The zero-order valence-electron chi connectivity index (χ0n) is 24.7. The van der Waals surface area contributed by atoms with Crippen LogP contribution in [0.4, 0.5) is 0 Å². The number of fused-ring (bicyclic) bond motifs is 1. The second-order valence-electron chi connectivity index (χ2n) is 4.88. The average molecular weight is 286 g/mol. The van der Waals surface area contributed by atoms with Gasteiger partial charge in [0.15, 0.2) is 0 Å². The lowest BCUT2D eigenvalue weighted by Gasteiger charge is -2.33. The molecule has 0 unspecified atom stereocenters. The summed E-state index contributed by atoms with van der Waals surface area (Å²) in [5, 5.41) is 0.362. The van der Waals surface area contributed by atoms with E-state index in [-0.39, 0.29) is 11.6 Å². The molecule has 1 heterocycles. The van der Waals surface area contributed by atoms with Crippen molar-refractivity contribution in [3.05, 3.63) is 30.5 Å². The van der Waals surface area contributed by atoms with Gasteiger partial charge in [-0.3, -0.25) is 0 Å². The molecule has 1 aliphatic rings. The highest BCUT2D eigenvalue weighted by molar-refractivity contribution is 5.81. The van der Waals surface area contributed by atoms with Crippen LogP contribution in [0, 0.1) is 0 Å². The van der Waals surface area contributed by atoms with Crippen LogP contribution in [0.25, 0.3) is 10.9 Å². The number of nitrogens with zero attached hydrogens (tertiary/aromatic N) is 2. The van der Waals surface area contributed by atoms with Crippen LogP contribution in [0.3, 0.4) is 0 Å². The van der Waals surface area contributed by atoms with Crippen LogP contribution in [0.2, 0.25) is 0 Å². The van der Waals surface area contributed by atoms with E-state index in [9.17, 15) is 0 Å². The van der Waals surface area contributed by atoms with E-state index in [1.165, 1.54) is 18.2 Å². The predicted molar refractivity (Wildman–Crippen MR) is 83.4 cm³/mol. The summed E-state index contributed by atoms with van der Waals surface area (Å²) < 4.78 is 118. The van der Waals surface area contributed by atoms with Crippen molar-refractivity contribution < 1.29 is 23.9 Å². The summed E-state index contributed by atoms with van der Waals surface area (Å²) in [5.41, 5.74) is -3.97. The highest BCUT2D eigenvalue weighted by Gasteiger charge is 2.24. The topological polar surface area (TPSA) is 17.4 Å². The van der Waals surface area contributed by atoms with E-state index < -0.39 is 44.6 Å². The smallest absolute Gasteiger partial charge is 0.120 e. The van der Waals surface area contributed by atoms with Crippen LogP contribution in [0.1, 0.15) is 45.7 Å². The molecular formula is C17H24N2O. The molecule has 0 atom stereocenters. The molecule has 1 aromatic heterocycles. The molecule has 0 bridgehead atoms. The van der Waals surface area contributed by atoms with Crippen molar-refractivity contribution in [2.24, 2.45) is 0 Å². The molecule has 2 aromatic rings. The van der Waals surface area contributed by atoms with Crippen molar-refractivity contribution in [2.75, 3.05) is 14.0 Å². The largest absolute Gasteiger partial charge is 0.490 e. The van der Waals surface area contributed by atoms with E-state index in [1.54, 1.807) is 6.07 Å². The van der Waals surface area contributed by atoms with Gasteiger partial charge in [0.1, 0.15) is 5.75 Å². The second kappa shape index (κ2) is 4.81. The highest BCUT2D eigenvalue weighted by Crippen LogP contribution is 2.29. The van der Waals surface area contributed by atoms with Crippen LogP contribution in [-0.4, -0.2) is 35.1 Å². The third-order valence-corrected chi connectivity index (χ3v) is 3.11. The summed E-state index contributed by atoms with van der Waals surface area (Å²) in [4.78, 5) is -0.663. The molecule has 3 nitrogen and oxygen atoms in total. The maximum absolute atomic E-state index is 8.79. The lowest BCUT2D eigenvalue weighted by molar-refractivity contribution is 0.171. The Labute approximate surface area is 140 Å². The third-order valence-electron chi connectivity index (χ3n) is 3.11. The minimum Gasteiger partial charge on any atom is -0.490 e. The molecule has 20 heavy (non-hydrogen) atoms. The Kier molecular flexibility index (Phi) is 1.15. The van der Waals surface area contributed by atoms with E-state index >= 15 is 0 Å². The van der Waals surface area contributed by atoms with Gasteiger partial charge in [-0.15, -0.1) is 0 Å². The van der Waals surface area contributed by atoms with Crippen molar-refractivity contribution in [1.29, 1.82) is 0 Å². The summed E-state index contributed by atoms with van der Waals surface area (Å²) in [6.07, 6.45) is 2.91. The maximum Gasteiger partial charge on any atom is 0.120 e. The first-order valence-corrected chi connectivity index (χ1v) is 6.24. The van der Waals surface area contributed by atoms with Gasteiger partial charge in [-0.25, -0.2) is 0 Å². The zero-order valence-corrected chi connectivity index (χ0v) is 10.7. The lowest BCUT2D eigenvalue weighted by Crippen LogP contribution is -2.41. The summed E-state index contributed by atoms with van der Waals surface area (Å²) in [7, 11) is 0. The summed E-state index contributed by atoms with van der Waals surface area (Å²) in [6.45, 7) is -19.1. The Morgan fingerprint density at radius 1 is 1.40 bits per heavy atom. The fraction of sp³-hybridized carbons (Fsp3) is 0.529. The molecule has 0 amide bonds. The Bertz CT molecular complexity index is 1010. The number of benzene rings is 1. The molecule has 0 aliphatic heterocycles. The number of ether oxygens (including phenoxy) is 1. The molecule has 3 rings (SSSR count). The number of aromatic nitrogens is 1. The molecule has 0 N–H and O–H groups in total. The van der Waals surface area contributed by atoms with Crippen LogP contribution in [-0.2, 0) is 6.50 Å². The maximum atomic E-state index is 8.79. The van der Waals surface area contributed by atoms with Crippen molar-refractivity contribution in [3.8, 4) is 5.75 Å². The quantitative estimate of drug-likeness (QED) is 0.836. The fourth-order valence-corrected chi connectivity index (χ4v) is 1.89. The molecule has 0 radical (unpaired) electrons. The van der Waals surface area contributed by atoms with Crippen molar-refractivity contribution in [3.63, 3.8) is 0 Å². The lowest BCUT2D eigenvalue weighted by atomic mass is 10.0. The monoisotopic (exact) mass is 286 g/mol. The first-order valence-electron chi connectivity index (χ1n) is 13.2. The standard InChI is InChI=1S/C17H24N2O/c1-17(2,18(3)4)12-19-10-9-13-11-15(7-8-16(13)19)20-14-5-6-14/h7-11,14H,5-6,12H2,1-4H3/i1D3,2D3,3D3,4D3,12D2. The van der Waals surface area contributed by atoms with Gasteiger partial charge in [0.05, 0.1) is 8.85 Å². The molecule has 0 spiro atoms. The SMILES string of the molecule is [2H]C([2H])([2H])N(C([2H])([2H])[2H])C(C([2H])([2H])[2H])(C([2H])([2H])[2H])C([2H])([2H])n1ccc2cc(OC3CC3)ccc21. The van der Waals surface area contributed by atoms with Gasteiger partial charge in [-0.2, -0.15) is 0 Å².